The van der Waals surface area contributed by atoms with E-state index in [1.807, 2.05) is 24.3 Å². The van der Waals surface area contributed by atoms with E-state index in [4.69, 9.17) is 4.74 Å². The minimum Gasteiger partial charge on any atom is -0.394 e. The fourth-order valence-corrected chi connectivity index (χ4v) is 2.56. The number of rotatable bonds is 2. The van der Waals surface area contributed by atoms with Gasteiger partial charge in [0.2, 0.25) is 0 Å². The second-order valence-corrected chi connectivity index (χ2v) is 5.02. The molecule has 4 atom stereocenters. The number of aliphatic hydroxyl groups is 3. The predicted molar refractivity (Wildman–Crippen MR) is 67.4 cm³/mol. The van der Waals surface area contributed by atoms with Gasteiger partial charge in [-0.3, -0.25) is 0 Å². The first kappa shape index (κ1) is 12.6. The molecule has 3 rings (SSSR count). The average molecular weight is 264 g/mol. The van der Waals surface area contributed by atoms with Gasteiger partial charge >= 0.3 is 0 Å². The number of nitrogens with zero attached hydrogens (tertiary/aromatic N) is 2. The van der Waals surface area contributed by atoms with Gasteiger partial charge in [0, 0.05) is 0 Å². The molecule has 1 aromatic heterocycles. The topological polar surface area (TPSA) is 87.7 Å². The Morgan fingerprint density at radius 3 is 2.84 bits per heavy atom. The number of para-hydroxylation sites is 2. The van der Waals surface area contributed by atoms with Gasteiger partial charge in [-0.15, -0.1) is 0 Å². The van der Waals surface area contributed by atoms with Gasteiger partial charge in [-0.2, -0.15) is 0 Å². The van der Waals surface area contributed by atoms with Crippen molar-refractivity contribution in [3.63, 3.8) is 0 Å². The summed E-state index contributed by atoms with van der Waals surface area (Å²) in [5.41, 5.74) is 0.0963. The minimum absolute atomic E-state index is 0.347. The van der Waals surface area contributed by atoms with Gasteiger partial charge in [0.1, 0.15) is 17.8 Å². The number of hydrogen-bond acceptors (Lipinski definition) is 5. The lowest BCUT2D eigenvalue weighted by Crippen LogP contribution is -2.44. The molecule has 0 aliphatic carbocycles. The first-order valence-corrected chi connectivity index (χ1v) is 6.14. The number of aromatic nitrogens is 2. The van der Waals surface area contributed by atoms with Crippen LogP contribution >= 0.6 is 0 Å². The molecule has 3 N–H and O–H groups in total. The van der Waals surface area contributed by atoms with E-state index in [9.17, 15) is 15.3 Å². The van der Waals surface area contributed by atoms with E-state index < -0.39 is 24.0 Å². The van der Waals surface area contributed by atoms with E-state index in [1.165, 1.54) is 6.92 Å². The van der Waals surface area contributed by atoms with Crippen molar-refractivity contribution in [1.29, 1.82) is 0 Å². The molecule has 1 fully saturated rings. The zero-order chi connectivity index (χ0) is 13.6. The molecule has 0 saturated carbocycles. The van der Waals surface area contributed by atoms with Gasteiger partial charge in [0.15, 0.2) is 6.23 Å². The van der Waals surface area contributed by atoms with Gasteiger partial charge in [-0.05, 0) is 19.1 Å². The van der Waals surface area contributed by atoms with E-state index in [0.29, 0.717) is 0 Å². The molecule has 2 heterocycles. The summed E-state index contributed by atoms with van der Waals surface area (Å²) in [7, 11) is 0. The maximum absolute atomic E-state index is 10.4. The summed E-state index contributed by atoms with van der Waals surface area (Å²) in [4.78, 5) is 4.23. The molecule has 0 amide bonds. The van der Waals surface area contributed by atoms with Crippen molar-refractivity contribution in [1.82, 2.24) is 9.55 Å². The standard InChI is InChI=1S/C13H16N2O4/c1-13(18)11(17)10(6-16)19-12(13)15-7-14-8-4-2-3-5-9(8)15/h2-5,7,10-12,16-18H,6H2,1H3/t10-,11-,12?,13-/m1/s1. The summed E-state index contributed by atoms with van der Waals surface area (Å²) in [5, 5.41) is 29.6. The molecule has 0 bridgehead atoms. The Hall–Kier alpha value is -1.47. The highest BCUT2D eigenvalue weighted by molar-refractivity contribution is 5.75. The summed E-state index contributed by atoms with van der Waals surface area (Å²) in [6.45, 7) is 1.15. The molecular weight excluding hydrogens is 248 g/mol. The van der Waals surface area contributed by atoms with Crippen LogP contribution in [0.2, 0.25) is 0 Å². The summed E-state index contributed by atoms with van der Waals surface area (Å²) in [6, 6.07) is 7.46. The van der Waals surface area contributed by atoms with Crippen LogP contribution in [0.4, 0.5) is 0 Å². The van der Waals surface area contributed by atoms with E-state index in [-0.39, 0.29) is 6.61 Å². The zero-order valence-corrected chi connectivity index (χ0v) is 10.5. The fraction of sp³-hybridized carbons (Fsp3) is 0.462. The van der Waals surface area contributed by atoms with Crippen LogP contribution in [0.15, 0.2) is 30.6 Å². The Labute approximate surface area is 109 Å². The Kier molecular flexibility index (Phi) is 2.83. The van der Waals surface area contributed by atoms with Gasteiger partial charge in [0.05, 0.1) is 24.0 Å². The summed E-state index contributed by atoms with van der Waals surface area (Å²) in [5.74, 6) is 0. The molecule has 1 aliphatic rings. The normalized spacial score (nSPS) is 35.1. The predicted octanol–water partition coefficient (Wildman–Crippen LogP) is 0.0379. The molecule has 102 valence electrons. The number of fused-ring (bicyclic) bond motifs is 1. The first-order chi connectivity index (χ1) is 9.05. The van der Waals surface area contributed by atoms with Gasteiger partial charge < -0.3 is 24.6 Å². The second-order valence-electron chi connectivity index (χ2n) is 5.02. The summed E-state index contributed by atoms with van der Waals surface area (Å²) in [6.07, 6.45) is -1.17. The monoisotopic (exact) mass is 264 g/mol. The molecule has 1 unspecified atom stereocenters. The van der Waals surface area contributed by atoms with Crippen LogP contribution in [0.5, 0.6) is 0 Å². The lowest BCUT2D eigenvalue weighted by atomic mass is 9.96. The fourth-order valence-electron chi connectivity index (χ4n) is 2.56. The summed E-state index contributed by atoms with van der Waals surface area (Å²) >= 11 is 0. The maximum Gasteiger partial charge on any atom is 0.167 e. The highest BCUT2D eigenvalue weighted by atomic mass is 16.6. The summed E-state index contributed by atoms with van der Waals surface area (Å²) < 4.78 is 7.24. The third-order valence-corrected chi connectivity index (χ3v) is 3.67. The number of hydrogen-bond donors (Lipinski definition) is 3. The Bertz CT molecular complexity index is 595. The van der Waals surface area contributed by atoms with Crippen molar-refractivity contribution in [3.8, 4) is 0 Å². The maximum atomic E-state index is 10.4. The SMILES string of the molecule is C[C@]1(O)C(n2cnc3ccccc32)O[C@H](CO)[C@H]1O. The number of imidazole rings is 1. The molecule has 1 aromatic carbocycles. The Balaban J connectivity index is 2.07. The van der Waals surface area contributed by atoms with Crippen molar-refractivity contribution >= 4 is 11.0 Å². The second kappa shape index (κ2) is 4.28. The van der Waals surface area contributed by atoms with Crippen molar-refractivity contribution in [3.05, 3.63) is 30.6 Å². The average Bonchev–Trinajstić information content (AvgIpc) is 2.91. The van der Waals surface area contributed by atoms with Gasteiger partial charge in [0.25, 0.3) is 0 Å². The molecule has 6 heteroatoms. The van der Waals surface area contributed by atoms with E-state index >= 15 is 0 Å². The van der Waals surface area contributed by atoms with E-state index in [1.54, 1.807) is 10.9 Å². The number of benzene rings is 1. The van der Waals surface area contributed by atoms with Crippen molar-refractivity contribution in [2.45, 2.75) is 31.0 Å². The van der Waals surface area contributed by atoms with Crippen molar-refractivity contribution in [2.75, 3.05) is 6.61 Å². The van der Waals surface area contributed by atoms with Crippen LogP contribution in [-0.4, -0.2) is 49.3 Å². The van der Waals surface area contributed by atoms with Crippen LogP contribution in [0.1, 0.15) is 13.2 Å². The van der Waals surface area contributed by atoms with Crippen LogP contribution in [0.3, 0.4) is 0 Å². The minimum atomic E-state index is -1.49. The van der Waals surface area contributed by atoms with E-state index in [0.717, 1.165) is 11.0 Å². The molecular formula is C13H16N2O4. The molecule has 1 aliphatic heterocycles. The lowest BCUT2D eigenvalue weighted by molar-refractivity contribution is -0.0948. The molecule has 0 radical (unpaired) electrons. The Morgan fingerprint density at radius 2 is 2.16 bits per heavy atom. The molecule has 0 spiro atoms. The molecule has 2 aromatic rings. The van der Waals surface area contributed by atoms with E-state index in [2.05, 4.69) is 4.98 Å². The van der Waals surface area contributed by atoms with Crippen molar-refractivity contribution in [2.24, 2.45) is 0 Å². The Morgan fingerprint density at radius 1 is 1.42 bits per heavy atom. The molecule has 19 heavy (non-hydrogen) atoms. The highest BCUT2D eigenvalue weighted by Gasteiger charge is 2.53. The molecule has 6 nitrogen and oxygen atoms in total. The van der Waals surface area contributed by atoms with Crippen molar-refractivity contribution < 1.29 is 20.1 Å². The third-order valence-electron chi connectivity index (χ3n) is 3.67. The quantitative estimate of drug-likeness (QED) is 0.712. The van der Waals surface area contributed by atoms with Gasteiger partial charge in [-0.25, -0.2) is 4.98 Å². The molecule has 1 saturated heterocycles. The van der Waals surface area contributed by atoms with Crippen LogP contribution in [-0.2, 0) is 4.74 Å². The first-order valence-electron chi connectivity index (χ1n) is 6.14. The van der Waals surface area contributed by atoms with Crippen LogP contribution in [0.25, 0.3) is 11.0 Å². The van der Waals surface area contributed by atoms with Crippen LogP contribution in [0, 0.1) is 0 Å². The zero-order valence-electron chi connectivity index (χ0n) is 10.5. The lowest BCUT2D eigenvalue weighted by Gasteiger charge is -2.27. The van der Waals surface area contributed by atoms with Gasteiger partial charge in [-0.1, -0.05) is 12.1 Å². The number of ether oxygens (including phenoxy) is 1. The largest absolute Gasteiger partial charge is 0.394 e. The third kappa shape index (κ3) is 1.76. The number of aliphatic hydroxyl groups excluding tert-OH is 2. The smallest absolute Gasteiger partial charge is 0.167 e. The highest BCUT2D eigenvalue weighted by Crippen LogP contribution is 2.39. The van der Waals surface area contributed by atoms with Crippen LogP contribution < -0.4 is 0 Å².